The van der Waals surface area contributed by atoms with Crippen LogP contribution in [0.3, 0.4) is 0 Å². The van der Waals surface area contributed by atoms with E-state index in [-0.39, 0.29) is 5.91 Å². The Kier molecular flexibility index (Phi) is 5.17. The molecule has 0 atom stereocenters. The smallest absolute Gasteiger partial charge is 0.242 e. The molecule has 4 nitrogen and oxygen atoms in total. The third-order valence-corrected chi connectivity index (χ3v) is 4.07. The molecule has 1 aromatic heterocycles. The van der Waals surface area contributed by atoms with E-state index in [1.165, 1.54) is 0 Å². The maximum Gasteiger partial charge on any atom is 0.242 e. The van der Waals surface area contributed by atoms with Gasteiger partial charge in [0.25, 0.3) is 0 Å². The van der Waals surface area contributed by atoms with Crippen LogP contribution >= 0.6 is 15.9 Å². The number of likely N-dealkylation sites (N-methyl/N-ethyl adjacent to an activating group) is 2. The lowest BCUT2D eigenvalue weighted by Gasteiger charge is -2.25. The predicted octanol–water partition coefficient (Wildman–Crippen LogP) is 3.30. The topological polar surface area (TPSA) is 36.4 Å². The van der Waals surface area contributed by atoms with Gasteiger partial charge in [0.1, 0.15) is 0 Å². The van der Waals surface area contributed by atoms with Crippen molar-refractivity contribution in [1.82, 2.24) is 9.88 Å². The number of amides is 1. The second-order valence-corrected chi connectivity index (χ2v) is 5.83. The number of hydrogen-bond acceptors (Lipinski definition) is 3. The Bertz CT molecular complexity index is 640. The van der Waals surface area contributed by atoms with Crippen LogP contribution in [0.2, 0.25) is 0 Å². The van der Waals surface area contributed by atoms with E-state index in [0.717, 1.165) is 34.2 Å². The van der Waals surface area contributed by atoms with Gasteiger partial charge in [0.2, 0.25) is 5.91 Å². The largest absolute Gasteiger partial charge is 0.365 e. The van der Waals surface area contributed by atoms with Gasteiger partial charge in [-0.25, -0.2) is 0 Å². The quantitative estimate of drug-likeness (QED) is 0.830. The lowest BCUT2D eigenvalue weighted by atomic mass is 10.1. The van der Waals surface area contributed by atoms with Crippen LogP contribution in [0.25, 0.3) is 10.9 Å². The molecule has 0 aliphatic rings. The molecule has 0 spiro atoms. The summed E-state index contributed by atoms with van der Waals surface area (Å²) in [4.78, 5) is 20.4. The number of carbonyl (C=O) groups is 1. The first-order valence-electron chi connectivity index (χ1n) is 7.10. The van der Waals surface area contributed by atoms with E-state index in [9.17, 15) is 4.79 Å². The summed E-state index contributed by atoms with van der Waals surface area (Å²) in [5, 5.41) is 1.05. The highest BCUT2D eigenvalue weighted by Gasteiger charge is 2.14. The van der Waals surface area contributed by atoms with Crippen LogP contribution in [-0.4, -0.2) is 42.5 Å². The molecule has 2 aromatic rings. The summed E-state index contributed by atoms with van der Waals surface area (Å²) < 4.78 is 1.00. The molecule has 5 heteroatoms. The lowest BCUT2D eigenvalue weighted by molar-refractivity contribution is -0.129. The first-order valence-corrected chi connectivity index (χ1v) is 7.89. The summed E-state index contributed by atoms with van der Waals surface area (Å²) in [6.45, 7) is 5.86. The number of fused-ring (bicyclic) bond motifs is 1. The van der Waals surface area contributed by atoms with Crippen LogP contribution in [0.15, 0.2) is 34.9 Å². The Hall–Kier alpha value is -1.62. The van der Waals surface area contributed by atoms with Crippen molar-refractivity contribution < 1.29 is 4.79 Å². The zero-order valence-electron chi connectivity index (χ0n) is 12.6. The molecule has 0 N–H and O–H groups in total. The predicted molar refractivity (Wildman–Crippen MR) is 90.6 cm³/mol. The molecule has 0 aliphatic carbocycles. The number of carbonyl (C=O) groups excluding carboxylic acids is 1. The number of halogens is 1. The standard InChI is InChI=1S/C16H20BrN3O/c1-4-20(5-2)16(21)11-19(3)15-8-9-18-14-10-12(17)6-7-13(14)15/h6-10H,4-5,11H2,1-3H3. The van der Waals surface area contributed by atoms with Crippen molar-refractivity contribution in [2.24, 2.45) is 0 Å². The molecule has 1 aromatic carbocycles. The van der Waals surface area contributed by atoms with Gasteiger partial charge in [0, 0.05) is 41.9 Å². The Morgan fingerprint density at radius 1 is 1.24 bits per heavy atom. The Morgan fingerprint density at radius 3 is 2.62 bits per heavy atom. The van der Waals surface area contributed by atoms with Crippen molar-refractivity contribution in [2.75, 3.05) is 31.6 Å². The fraction of sp³-hybridized carbons (Fsp3) is 0.375. The van der Waals surface area contributed by atoms with Crippen molar-refractivity contribution in [3.05, 3.63) is 34.9 Å². The first kappa shape index (κ1) is 15.8. The van der Waals surface area contributed by atoms with E-state index >= 15 is 0 Å². The van der Waals surface area contributed by atoms with E-state index in [0.29, 0.717) is 6.54 Å². The average Bonchev–Trinajstić information content (AvgIpc) is 2.47. The summed E-state index contributed by atoms with van der Waals surface area (Å²) in [5.74, 6) is 0.143. The number of anilines is 1. The van der Waals surface area contributed by atoms with Gasteiger partial charge in [-0.05, 0) is 38.1 Å². The summed E-state index contributed by atoms with van der Waals surface area (Å²) in [6.07, 6.45) is 1.78. The molecule has 0 aliphatic heterocycles. The van der Waals surface area contributed by atoms with E-state index in [4.69, 9.17) is 0 Å². The number of benzene rings is 1. The maximum atomic E-state index is 12.2. The SMILES string of the molecule is CCN(CC)C(=O)CN(C)c1ccnc2cc(Br)ccc12. The van der Waals surface area contributed by atoms with Crippen LogP contribution in [-0.2, 0) is 4.79 Å². The third kappa shape index (κ3) is 3.53. The Labute approximate surface area is 133 Å². The molecule has 0 fully saturated rings. The Morgan fingerprint density at radius 2 is 1.95 bits per heavy atom. The minimum atomic E-state index is 0.143. The maximum absolute atomic E-state index is 12.2. The summed E-state index contributed by atoms with van der Waals surface area (Å²) in [7, 11) is 1.94. The first-order chi connectivity index (χ1) is 10.1. The van der Waals surface area contributed by atoms with Crippen LogP contribution in [0.1, 0.15) is 13.8 Å². The molecule has 1 amide bonds. The normalized spacial score (nSPS) is 10.7. The number of aromatic nitrogens is 1. The minimum absolute atomic E-state index is 0.143. The van der Waals surface area contributed by atoms with E-state index in [2.05, 4.69) is 20.9 Å². The minimum Gasteiger partial charge on any atom is -0.365 e. The van der Waals surface area contributed by atoms with Crippen molar-refractivity contribution in [3.63, 3.8) is 0 Å². The van der Waals surface area contributed by atoms with Crippen molar-refractivity contribution in [3.8, 4) is 0 Å². The molecule has 21 heavy (non-hydrogen) atoms. The molecule has 112 valence electrons. The summed E-state index contributed by atoms with van der Waals surface area (Å²) in [6, 6.07) is 7.96. The molecule has 2 rings (SSSR count). The fourth-order valence-corrected chi connectivity index (χ4v) is 2.75. The van der Waals surface area contributed by atoms with Gasteiger partial charge in [-0.2, -0.15) is 0 Å². The van der Waals surface area contributed by atoms with Crippen molar-refractivity contribution in [2.45, 2.75) is 13.8 Å². The molecule has 0 bridgehead atoms. The van der Waals surface area contributed by atoms with Crippen LogP contribution in [0.5, 0.6) is 0 Å². The molecular weight excluding hydrogens is 330 g/mol. The van der Waals surface area contributed by atoms with Gasteiger partial charge >= 0.3 is 0 Å². The van der Waals surface area contributed by atoms with Gasteiger partial charge in [-0.3, -0.25) is 9.78 Å². The van der Waals surface area contributed by atoms with Crippen molar-refractivity contribution >= 4 is 38.4 Å². The second-order valence-electron chi connectivity index (χ2n) is 4.91. The highest BCUT2D eigenvalue weighted by atomic mass is 79.9. The number of nitrogens with zero attached hydrogens (tertiary/aromatic N) is 3. The van der Waals surface area contributed by atoms with E-state index in [1.54, 1.807) is 6.20 Å². The van der Waals surface area contributed by atoms with Gasteiger partial charge < -0.3 is 9.80 Å². The number of hydrogen-bond donors (Lipinski definition) is 0. The van der Waals surface area contributed by atoms with Crippen LogP contribution in [0.4, 0.5) is 5.69 Å². The summed E-state index contributed by atoms with van der Waals surface area (Å²) >= 11 is 3.46. The second kappa shape index (κ2) is 6.89. The van der Waals surface area contributed by atoms with Crippen LogP contribution < -0.4 is 4.90 Å². The zero-order valence-corrected chi connectivity index (χ0v) is 14.2. The van der Waals surface area contributed by atoms with Crippen molar-refractivity contribution in [1.29, 1.82) is 0 Å². The van der Waals surface area contributed by atoms with E-state index < -0.39 is 0 Å². The van der Waals surface area contributed by atoms with Crippen LogP contribution in [0, 0.1) is 0 Å². The molecular formula is C16H20BrN3O. The molecule has 0 unspecified atom stereocenters. The van der Waals surface area contributed by atoms with Gasteiger partial charge in [0.05, 0.1) is 12.1 Å². The highest BCUT2D eigenvalue weighted by Crippen LogP contribution is 2.26. The number of pyridine rings is 1. The third-order valence-electron chi connectivity index (χ3n) is 3.58. The highest BCUT2D eigenvalue weighted by molar-refractivity contribution is 9.10. The number of rotatable bonds is 5. The molecule has 0 saturated heterocycles. The monoisotopic (exact) mass is 349 g/mol. The van der Waals surface area contributed by atoms with Gasteiger partial charge in [0.15, 0.2) is 0 Å². The lowest BCUT2D eigenvalue weighted by Crippen LogP contribution is -2.38. The Balaban J connectivity index is 2.27. The average molecular weight is 350 g/mol. The van der Waals surface area contributed by atoms with E-state index in [1.807, 2.05) is 55.0 Å². The fourth-order valence-electron chi connectivity index (χ4n) is 2.40. The van der Waals surface area contributed by atoms with Gasteiger partial charge in [-0.15, -0.1) is 0 Å². The molecule has 1 heterocycles. The van der Waals surface area contributed by atoms with Gasteiger partial charge in [-0.1, -0.05) is 15.9 Å². The molecule has 0 radical (unpaired) electrons. The molecule has 0 saturated carbocycles. The summed E-state index contributed by atoms with van der Waals surface area (Å²) in [5.41, 5.74) is 1.94. The zero-order chi connectivity index (χ0) is 15.4.